The summed E-state index contributed by atoms with van der Waals surface area (Å²) in [6.45, 7) is 3.09. The van der Waals surface area contributed by atoms with E-state index in [1.54, 1.807) is 0 Å². The van der Waals surface area contributed by atoms with Crippen LogP contribution in [0.2, 0.25) is 0 Å². The van der Waals surface area contributed by atoms with Gasteiger partial charge in [-0.1, -0.05) is 0 Å². The number of nitrogens with one attached hydrogen (secondary N) is 1. The molecule has 1 N–H and O–H groups in total. The van der Waals surface area contributed by atoms with Gasteiger partial charge >= 0.3 is 0 Å². The van der Waals surface area contributed by atoms with Gasteiger partial charge in [-0.25, -0.2) is 8.42 Å². The Labute approximate surface area is 114 Å². The van der Waals surface area contributed by atoms with Gasteiger partial charge in [0.25, 0.3) is 0 Å². The quantitative estimate of drug-likeness (QED) is 0.796. The third-order valence-electron chi connectivity index (χ3n) is 3.82. The van der Waals surface area contributed by atoms with Crippen molar-refractivity contribution in [2.24, 2.45) is 0 Å². The molecule has 2 saturated heterocycles. The molecule has 0 aromatic carbocycles. The summed E-state index contributed by atoms with van der Waals surface area (Å²) in [4.78, 5) is 12.2. The molecule has 0 spiro atoms. The maximum Gasteiger partial charge on any atom is 0.238 e. The van der Waals surface area contributed by atoms with Gasteiger partial charge in [-0.05, 0) is 32.6 Å². The first-order chi connectivity index (χ1) is 8.89. The number of carbonyl (C=O) groups is 1. The van der Waals surface area contributed by atoms with Crippen molar-refractivity contribution in [3.63, 3.8) is 0 Å². The van der Waals surface area contributed by atoms with Crippen LogP contribution in [0.15, 0.2) is 0 Å². The molecule has 7 heteroatoms. The maximum absolute atomic E-state index is 12.2. The molecule has 2 aliphatic heterocycles. The number of rotatable bonds is 4. The number of hydrogen-bond donors (Lipinski definition) is 1. The van der Waals surface area contributed by atoms with Crippen molar-refractivity contribution >= 4 is 15.9 Å². The van der Waals surface area contributed by atoms with Crippen molar-refractivity contribution < 1.29 is 17.9 Å². The minimum Gasteiger partial charge on any atom is -0.376 e. The second-order valence-corrected chi connectivity index (χ2v) is 7.32. The second-order valence-electron chi connectivity index (χ2n) is 5.38. The number of carbonyl (C=O) groups excluding carboxylic acids is 1. The van der Waals surface area contributed by atoms with E-state index in [1.807, 2.05) is 6.92 Å². The molecule has 110 valence electrons. The first-order valence-electron chi connectivity index (χ1n) is 6.78. The minimum absolute atomic E-state index is 0.0528. The largest absolute Gasteiger partial charge is 0.376 e. The van der Waals surface area contributed by atoms with Crippen LogP contribution in [0.4, 0.5) is 0 Å². The van der Waals surface area contributed by atoms with Gasteiger partial charge in [0.05, 0.1) is 18.4 Å². The van der Waals surface area contributed by atoms with Gasteiger partial charge in [0.1, 0.15) is 6.04 Å². The molecule has 0 bridgehead atoms. The molecule has 3 unspecified atom stereocenters. The zero-order chi connectivity index (χ0) is 14.0. The van der Waals surface area contributed by atoms with E-state index in [-0.39, 0.29) is 18.1 Å². The van der Waals surface area contributed by atoms with E-state index in [4.69, 9.17) is 4.74 Å². The summed E-state index contributed by atoms with van der Waals surface area (Å²) in [5.41, 5.74) is 0. The molecule has 6 nitrogen and oxygen atoms in total. The first kappa shape index (κ1) is 14.7. The van der Waals surface area contributed by atoms with Crippen molar-refractivity contribution in [3.05, 3.63) is 0 Å². The number of hydrogen-bond acceptors (Lipinski definition) is 4. The van der Waals surface area contributed by atoms with Crippen LogP contribution >= 0.6 is 0 Å². The van der Waals surface area contributed by atoms with Gasteiger partial charge in [0.2, 0.25) is 15.9 Å². The zero-order valence-electron chi connectivity index (χ0n) is 11.5. The first-order valence-corrected chi connectivity index (χ1v) is 8.63. The van der Waals surface area contributed by atoms with Crippen LogP contribution in [0.1, 0.15) is 32.6 Å². The summed E-state index contributed by atoms with van der Waals surface area (Å²) >= 11 is 0. The second kappa shape index (κ2) is 5.76. The molecule has 0 aromatic heterocycles. The van der Waals surface area contributed by atoms with E-state index in [0.29, 0.717) is 13.0 Å². The molecule has 3 atom stereocenters. The number of nitrogens with zero attached hydrogens (tertiary/aromatic N) is 1. The van der Waals surface area contributed by atoms with Crippen molar-refractivity contribution in [1.82, 2.24) is 9.62 Å². The number of sulfonamides is 1. The van der Waals surface area contributed by atoms with Gasteiger partial charge in [0, 0.05) is 13.2 Å². The van der Waals surface area contributed by atoms with Crippen molar-refractivity contribution in [3.8, 4) is 0 Å². The predicted octanol–water partition coefficient (Wildman–Crippen LogP) is 0.0941. The lowest BCUT2D eigenvalue weighted by atomic mass is 10.1. The Morgan fingerprint density at radius 1 is 1.37 bits per heavy atom. The van der Waals surface area contributed by atoms with Gasteiger partial charge < -0.3 is 10.1 Å². The van der Waals surface area contributed by atoms with Crippen molar-refractivity contribution in [1.29, 1.82) is 0 Å². The van der Waals surface area contributed by atoms with Gasteiger partial charge in [0.15, 0.2) is 0 Å². The third kappa shape index (κ3) is 3.46. The Bertz CT molecular complexity index is 431. The highest BCUT2D eigenvalue weighted by molar-refractivity contribution is 7.88. The Morgan fingerprint density at radius 3 is 2.68 bits per heavy atom. The van der Waals surface area contributed by atoms with Crippen LogP contribution in [0.5, 0.6) is 0 Å². The van der Waals surface area contributed by atoms with Crippen molar-refractivity contribution in [2.45, 2.75) is 50.8 Å². The fourth-order valence-electron chi connectivity index (χ4n) is 2.81. The van der Waals surface area contributed by atoms with Gasteiger partial charge in [-0.15, -0.1) is 0 Å². The lowest BCUT2D eigenvalue weighted by molar-refractivity contribution is -0.125. The summed E-state index contributed by atoms with van der Waals surface area (Å²) in [7, 11) is -3.31. The normalized spacial score (nSPS) is 30.4. The topological polar surface area (TPSA) is 75.7 Å². The fourth-order valence-corrected chi connectivity index (χ4v) is 3.93. The van der Waals surface area contributed by atoms with Crippen molar-refractivity contribution in [2.75, 3.05) is 19.4 Å². The van der Waals surface area contributed by atoms with E-state index in [9.17, 15) is 13.2 Å². The Balaban J connectivity index is 1.95. The van der Waals surface area contributed by atoms with Crippen LogP contribution in [0.25, 0.3) is 0 Å². The maximum atomic E-state index is 12.2. The highest BCUT2D eigenvalue weighted by Gasteiger charge is 2.37. The molecule has 2 heterocycles. The van der Waals surface area contributed by atoms with E-state index in [2.05, 4.69) is 5.32 Å². The highest BCUT2D eigenvalue weighted by Crippen LogP contribution is 2.21. The van der Waals surface area contributed by atoms with Gasteiger partial charge in [-0.3, -0.25) is 4.79 Å². The molecule has 1 amide bonds. The van der Waals surface area contributed by atoms with Gasteiger partial charge in [-0.2, -0.15) is 4.31 Å². The summed E-state index contributed by atoms with van der Waals surface area (Å²) in [5, 5.41) is 2.90. The van der Waals surface area contributed by atoms with Crippen LogP contribution in [0.3, 0.4) is 0 Å². The summed E-state index contributed by atoms with van der Waals surface area (Å²) in [5.74, 6) is -0.203. The van der Waals surface area contributed by atoms with E-state index >= 15 is 0 Å². The average Bonchev–Trinajstić information content (AvgIpc) is 2.99. The molecule has 0 aliphatic carbocycles. The average molecular weight is 290 g/mol. The smallest absolute Gasteiger partial charge is 0.238 e. The van der Waals surface area contributed by atoms with E-state index < -0.39 is 16.1 Å². The predicted molar refractivity (Wildman–Crippen MR) is 71.2 cm³/mol. The van der Waals surface area contributed by atoms with Crippen LogP contribution < -0.4 is 5.32 Å². The Kier molecular flexibility index (Phi) is 4.47. The summed E-state index contributed by atoms with van der Waals surface area (Å²) in [6.07, 6.45) is 4.50. The van der Waals surface area contributed by atoms with Crippen LogP contribution in [0, 0.1) is 0 Å². The summed E-state index contributed by atoms with van der Waals surface area (Å²) < 4.78 is 30.0. The zero-order valence-corrected chi connectivity index (χ0v) is 12.3. The molecule has 0 radical (unpaired) electrons. The molecule has 0 saturated carbocycles. The Hall–Kier alpha value is -0.660. The van der Waals surface area contributed by atoms with Crippen LogP contribution in [-0.4, -0.2) is 56.2 Å². The van der Waals surface area contributed by atoms with E-state index in [0.717, 1.165) is 32.1 Å². The highest BCUT2D eigenvalue weighted by atomic mass is 32.2. The monoisotopic (exact) mass is 290 g/mol. The Morgan fingerprint density at radius 2 is 2.11 bits per heavy atom. The summed E-state index contributed by atoms with van der Waals surface area (Å²) in [6, 6.07) is -0.629. The van der Waals surface area contributed by atoms with E-state index in [1.165, 1.54) is 4.31 Å². The minimum atomic E-state index is -3.31. The third-order valence-corrected chi connectivity index (χ3v) is 5.11. The fraction of sp³-hybridized carbons (Fsp3) is 0.917. The standard InChI is InChI=1S/C12H22N2O4S/c1-9(11-6-4-8-18-11)13-12(15)10-5-3-7-14(10)19(2,16)17/h9-11H,3-8H2,1-2H3,(H,13,15). The molecule has 2 fully saturated rings. The lowest BCUT2D eigenvalue weighted by Crippen LogP contribution is -2.50. The SMILES string of the molecule is CC(NC(=O)C1CCCN1S(C)(=O)=O)C1CCCO1. The molecule has 2 rings (SSSR count). The lowest BCUT2D eigenvalue weighted by Gasteiger charge is -2.25. The number of amides is 1. The molecular formula is C12H22N2O4S. The molecule has 0 aromatic rings. The molecule has 2 aliphatic rings. The molecular weight excluding hydrogens is 268 g/mol. The van der Waals surface area contributed by atoms with Crippen LogP contribution in [-0.2, 0) is 19.6 Å². The molecule has 19 heavy (non-hydrogen) atoms. The number of ether oxygens (including phenoxy) is 1.